The zero-order chi connectivity index (χ0) is 9.14. The Morgan fingerprint density at radius 3 is 2.67 bits per heavy atom. The summed E-state index contributed by atoms with van der Waals surface area (Å²) in [5.41, 5.74) is 2.06. The summed E-state index contributed by atoms with van der Waals surface area (Å²) >= 11 is 5.97. The van der Waals surface area contributed by atoms with Crippen LogP contribution in [-0.2, 0) is 4.84 Å². The van der Waals surface area contributed by atoms with Crippen LogP contribution in [0.3, 0.4) is 0 Å². The number of rotatable bonds is 2. The molecule has 0 aliphatic carbocycles. The fourth-order valence-electron chi connectivity index (χ4n) is 1.23. The van der Waals surface area contributed by atoms with Crippen molar-refractivity contribution < 1.29 is 4.84 Å². The second kappa shape index (κ2) is 3.90. The van der Waals surface area contributed by atoms with Crippen molar-refractivity contribution in [3.05, 3.63) is 34.3 Å². The molecule has 0 aliphatic heterocycles. The molecule has 12 heavy (non-hydrogen) atoms. The Bertz CT molecular complexity index is 255. The largest absolute Gasteiger partial charge is 0.297 e. The summed E-state index contributed by atoms with van der Waals surface area (Å²) < 4.78 is 0. The van der Waals surface area contributed by atoms with Crippen LogP contribution in [0, 0.1) is 6.92 Å². The van der Waals surface area contributed by atoms with Gasteiger partial charge in [-0.15, -0.1) is 0 Å². The Labute approximate surface area is 77.2 Å². The lowest BCUT2D eigenvalue weighted by atomic mass is 10.0. The van der Waals surface area contributed by atoms with Crippen molar-refractivity contribution >= 4 is 11.6 Å². The maximum absolute atomic E-state index is 5.97. The van der Waals surface area contributed by atoms with Gasteiger partial charge in [0.1, 0.15) is 6.10 Å². The Balaban J connectivity index is 3.12. The number of benzene rings is 1. The maximum atomic E-state index is 5.97. The summed E-state index contributed by atoms with van der Waals surface area (Å²) in [4.78, 5) is 4.71. The minimum atomic E-state index is -0.154. The van der Waals surface area contributed by atoms with E-state index >= 15 is 0 Å². The second-order valence-electron chi connectivity index (χ2n) is 2.75. The molecule has 1 atom stereocenters. The van der Waals surface area contributed by atoms with Crippen LogP contribution in [0.2, 0.25) is 5.02 Å². The molecule has 3 heteroatoms. The van der Waals surface area contributed by atoms with E-state index in [1.165, 1.54) is 0 Å². The van der Waals surface area contributed by atoms with Gasteiger partial charge >= 0.3 is 0 Å². The van der Waals surface area contributed by atoms with Crippen molar-refractivity contribution in [1.82, 2.24) is 0 Å². The predicted molar refractivity (Wildman–Crippen MR) is 49.9 cm³/mol. The van der Waals surface area contributed by atoms with Gasteiger partial charge in [-0.1, -0.05) is 23.7 Å². The van der Waals surface area contributed by atoms with Crippen LogP contribution in [0.4, 0.5) is 0 Å². The van der Waals surface area contributed by atoms with Crippen LogP contribution in [0.15, 0.2) is 18.2 Å². The van der Waals surface area contributed by atoms with Gasteiger partial charge in [-0.25, -0.2) is 5.90 Å². The summed E-state index contributed by atoms with van der Waals surface area (Å²) in [5.74, 6) is 5.08. The third kappa shape index (κ3) is 1.78. The highest BCUT2D eigenvalue weighted by atomic mass is 35.5. The molecular formula is C9H12ClNO. The molecule has 1 unspecified atom stereocenters. The van der Waals surface area contributed by atoms with Gasteiger partial charge in [0.15, 0.2) is 0 Å². The van der Waals surface area contributed by atoms with Gasteiger partial charge in [0, 0.05) is 10.6 Å². The summed E-state index contributed by atoms with van der Waals surface area (Å²) in [6.07, 6.45) is -0.154. The van der Waals surface area contributed by atoms with Crippen molar-refractivity contribution in [2.24, 2.45) is 5.90 Å². The maximum Gasteiger partial charge on any atom is 0.103 e. The third-order valence-corrected chi connectivity index (χ3v) is 2.21. The molecule has 0 radical (unpaired) electrons. The van der Waals surface area contributed by atoms with E-state index in [1.807, 2.05) is 32.0 Å². The Morgan fingerprint density at radius 1 is 1.50 bits per heavy atom. The molecule has 0 aromatic heterocycles. The van der Waals surface area contributed by atoms with E-state index in [2.05, 4.69) is 0 Å². The molecule has 0 bridgehead atoms. The molecule has 0 fully saturated rings. The third-order valence-electron chi connectivity index (χ3n) is 1.88. The van der Waals surface area contributed by atoms with Crippen LogP contribution in [0.25, 0.3) is 0 Å². The summed E-state index contributed by atoms with van der Waals surface area (Å²) in [5, 5.41) is 0.702. The van der Waals surface area contributed by atoms with E-state index in [9.17, 15) is 0 Å². The van der Waals surface area contributed by atoms with E-state index in [0.717, 1.165) is 11.1 Å². The first-order valence-electron chi connectivity index (χ1n) is 3.77. The van der Waals surface area contributed by atoms with Crippen molar-refractivity contribution in [1.29, 1.82) is 0 Å². The topological polar surface area (TPSA) is 35.2 Å². The number of nitrogens with two attached hydrogens (primary N) is 1. The van der Waals surface area contributed by atoms with Gasteiger partial charge in [-0.05, 0) is 25.5 Å². The lowest BCUT2D eigenvalue weighted by Gasteiger charge is -2.13. The van der Waals surface area contributed by atoms with E-state index in [-0.39, 0.29) is 6.10 Å². The van der Waals surface area contributed by atoms with Crippen molar-refractivity contribution in [2.75, 3.05) is 0 Å². The monoisotopic (exact) mass is 185 g/mol. The minimum absolute atomic E-state index is 0.154. The van der Waals surface area contributed by atoms with Crippen LogP contribution in [-0.4, -0.2) is 0 Å². The molecule has 0 heterocycles. The molecule has 0 aliphatic rings. The summed E-state index contributed by atoms with van der Waals surface area (Å²) in [6.45, 7) is 3.85. The molecule has 2 nitrogen and oxygen atoms in total. The first kappa shape index (κ1) is 9.52. The zero-order valence-electron chi connectivity index (χ0n) is 7.17. The summed E-state index contributed by atoms with van der Waals surface area (Å²) in [6, 6.07) is 5.72. The van der Waals surface area contributed by atoms with E-state index in [1.54, 1.807) is 0 Å². The number of aryl methyl sites for hydroxylation is 1. The quantitative estimate of drug-likeness (QED) is 0.719. The SMILES string of the molecule is Cc1cccc(Cl)c1C(C)ON. The highest BCUT2D eigenvalue weighted by molar-refractivity contribution is 6.31. The molecular weight excluding hydrogens is 174 g/mol. The standard InChI is InChI=1S/C9H12ClNO/c1-6-4-3-5-8(10)9(6)7(2)12-11/h3-5,7H,11H2,1-2H3. The smallest absolute Gasteiger partial charge is 0.103 e. The molecule has 1 rings (SSSR count). The number of hydrogen-bond acceptors (Lipinski definition) is 2. The molecule has 0 amide bonds. The first-order chi connectivity index (χ1) is 5.66. The van der Waals surface area contributed by atoms with Gasteiger partial charge in [-0.2, -0.15) is 0 Å². The second-order valence-corrected chi connectivity index (χ2v) is 3.16. The van der Waals surface area contributed by atoms with Crippen molar-refractivity contribution in [2.45, 2.75) is 20.0 Å². The van der Waals surface area contributed by atoms with Gasteiger partial charge < -0.3 is 0 Å². The first-order valence-corrected chi connectivity index (χ1v) is 4.15. The molecule has 0 saturated carbocycles. The lowest BCUT2D eigenvalue weighted by molar-refractivity contribution is 0.0660. The highest BCUT2D eigenvalue weighted by Crippen LogP contribution is 2.27. The Kier molecular flexibility index (Phi) is 3.09. The zero-order valence-corrected chi connectivity index (χ0v) is 7.93. The fourth-order valence-corrected chi connectivity index (χ4v) is 1.60. The lowest BCUT2D eigenvalue weighted by Crippen LogP contribution is -2.07. The van der Waals surface area contributed by atoms with Crippen LogP contribution >= 0.6 is 11.6 Å². The average Bonchev–Trinajstić information content (AvgIpc) is 2.03. The molecule has 0 spiro atoms. The number of hydrogen-bond donors (Lipinski definition) is 1. The molecule has 1 aromatic carbocycles. The molecule has 2 N–H and O–H groups in total. The van der Waals surface area contributed by atoms with Crippen LogP contribution in [0.5, 0.6) is 0 Å². The minimum Gasteiger partial charge on any atom is -0.297 e. The van der Waals surface area contributed by atoms with E-state index in [0.29, 0.717) is 5.02 Å². The predicted octanol–water partition coefficient (Wildman–Crippen LogP) is 2.60. The highest BCUT2D eigenvalue weighted by Gasteiger charge is 2.11. The van der Waals surface area contributed by atoms with E-state index in [4.69, 9.17) is 22.3 Å². The Morgan fingerprint density at radius 2 is 2.17 bits per heavy atom. The van der Waals surface area contributed by atoms with Gasteiger partial charge in [0.05, 0.1) is 0 Å². The van der Waals surface area contributed by atoms with Crippen LogP contribution in [0.1, 0.15) is 24.2 Å². The summed E-state index contributed by atoms with van der Waals surface area (Å²) in [7, 11) is 0. The van der Waals surface area contributed by atoms with Gasteiger partial charge in [-0.3, -0.25) is 4.84 Å². The van der Waals surface area contributed by atoms with Crippen molar-refractivity contribution in [3.8, 4) is 0 Å². The molecule has 0 saturated heterocycles. The van der Waals surface area contributed by atoms with Gasteiger partial charge in [0.25, 0.3) is 0 Å². The van der Waals surface area contributed by atoms with Crippen LogP contribution < -0.4 is 5.90 Å². The molecule has 1 aromatic rings. The normalized spacial score (nSPS) is 13.0. The Hall–Kier alpha value is -0.570. The fraction of sp³-hybridized carbons (Fsp3) is 0.333. The van der Waals surface area contributed by atoms with Crippen molar-refractivity contribution in [3.63, 3.8) is 0 Å². The number of halogens is 1. The van der Waals surface area contributed by atoms with E-state index < -0.39 is 0 Å². The average molecular weight is 186 g/mol. The van der Waals surface area contributed by atoms with Gasteiger partial charge in [0.2, 0.25) is 0 Å². The molecule has 66 valence electrons.